The van der Waals surface area contributed by atoms with Crippen LogP contribution in [0.15, 0.2) is 0 Å². The van der Waals surface area contributed by atoms with Crippen LogP contribution in [-0.4, -0.2) is 46.8 Å². The lowest BCUT2D eigenvalue weighted by Crippen LogP contribution is -2.62. The molecule has 2 heterocycles. The molecule has 2 fully saturated rings. The van der Waals surface area contributed by atoms with Gasteiger partial charge < -0.3 is 9.80 Å². The van der Waals surface area contributed by atoms with Gasteiger partial charge in [0, 0.05) is 12.6 Å². The van der Waals surface area contributed by atoms with Crippen molar-refractivity contribution in [3.8, 4) is 0 Å². The molecule has 2 unspecified atom stereocenters. The number of rotatable bonds is 4. The lowest BCUT2D eigenvalue weighted by atomic mass is 9.97. The Morgan fingerprint density at radius 2 is 2.11 bits per heavy atom. The number of nitrogens with zero attached hydrogens (tertiary/aromatic N) is 2. The van der Waals surface area contributed by atoms with Crippen molar-refractivity contribution in [1.82, 2.24) is 9.80 Å². The van der Waals surface area contributed by atoms with Crippen LogP contribution in [0, 0.1) is 0 Å². The number of piperidine rings is 1. The van der Waals surface area contributed by atoms with Gasteiger partial charge in [0.05, 0.1) is 0 Å². The molecule has 0 saturated carbocycles. The molecule has 18 heavy (non-hydrogen) atoms. The average Bonchev–Trinajstić information content (AvgIpc) is 2.40. The number of piperazine rings is 1. The van der Waals surface area contributed by atoms with Crippen LogP contribution in [-0.2, 0) is 9.59 Å². The molecule has 0 aromatic heterocycles. The van der Waals surface area contributed by atoms with Gasteiger partial charge in [0.15, 0.2) is 0 Å². The Hall–Kier alpha value is -1.06. The van der Waals surface area contributed by atoms with Gasteiger partial charge in [-0.2, -0.15) is 0 Å². The number of hydrogen-bond acceptors (Lipinski definition) is 2. The molecule has 0 aromatic rings. The highest BCUT2D eigenvalue weighted by atomic mass is 16.2. The summed E-state index contributed by atoms with van der Waals surface area (Å²) < 4.78 is 0. The van der Waals surface area contributed by atoms with Crippen LogP contribution < -0.4 is 0 Å². The fraction of sp³-hybridized carbons (Fsp3) is 0.857. The fourth-order valence-electron chi connectivity index (χ4n) is 3.02. The van der Waals surface area contributed by atoms with E-state index in [1.165, 1.54) is 0 Å². The summed E-state index contributed by atoms with van der Waals surface area (Å²) in [6, 6.07) is 0.0366. The molecule has 4 heteroatoms. The first-order chi connectivity index (χ1) is 8.65. The average molecular weight is 252 g/mol. The highest BCUT2D eigenvalue weighted by Gasteiger charge is 2.41. The zero-order chi connectivity index (χ0) is 13.1. The lowest BCUT2D eigenvalue weighted by Gasteiger charge is -2.44. The molecule has 102 valence electrons. The topological polar surface area (TPSA) is 40.6 Å². The maximum absolute atomic E-state index is 12.4. The monoisotopic (exact) mass is 252 g/mol. The highest BCUT2D eigenvalue weighted by molar-refractivity contribution is 5.95. The quantitative estimate of drug-likeness (QED) is 0.765. The standard InChI is InChI=1S/C14H24N2O2/c1-3-4-7-11(2)16-10-13(17)15-9-6-5-8-12(15)14(16)18/h11-12H,3-10H2,1-2H3. The summed E-state index contributed by atoms with van der Waals surface area (Å²) in [7, 11) is 0. The molecule has 0 aromatic carbocycles. The van der Waals surface area contributed by atoms with Crippen LogP contribution >= 0.6 is 0 Å². The Morgan fingerprint density at radius 1 is 1.33 bits per heavy atom. The summed E-state index contributed by atoms with van der Waals surface area (Å²) >= 11 is 0. The van der Waals surface area contributed by atoms with E-state index in [4.69, 9.17) is 0 Å². The summed E-state index contributed by atoms with van der Waals surface area (Å²) in [5, 5.41) is 0. The van der Waals surface area contributed by atoms with Gasteiger partial charge in [0.25, 0.3) is 0 Å². The molecule has 0 spiro atoms. The Balaban J connectivity index is 2.04. The van der Waals surface area contributed by atoms with E-state index in [0.29, 0.717) is 6.54 Å². The van der Waals surface area contributed by atoms with Crippen LogP contribution in [0.25, 0.3) is 0 Å². The van der Waals surface area contributed by atoms with E-state index in [1.807, 2.05) is 4.90 Å². The molecule has 0 aliphatic carbocycles. The third-order valence-electron chi connectivity index (χ3n) is 4.20. The van der Waals surface area contributed by atoms with Crippen molar-refractivity contribution in [3.63, 3.8) is 0 Å². The first-order valence-electron chi connectivity index (χ1n) is 7.25. The maximum Gasteiger partial charge on any atom is 0.246 e. The first-order valence-corrected chi connectivity index (χ1v) is 7.25. The van der Waals surface area contributed by atoms with Gasteiger partial charge in [0.2, 0.25) is 11.8 Å². The molecular formula is C14H24N2O2. The maximum atomic E-state index is 12.4. The van der Waals surface area contributed by atoms with Crippen molar-refractivity contribution in [2.24, 2.45) is 0 Å². The van der Waals surface area contributed by atoms with Crippen molar-refractivity contribution >= 4 is 11.8 Å². The summed E-state index contributed by atoms with van der Waals surface area (Å²) in [4.78, 5) is 28.1. The van der Waals surface area contributed by atoms with E-state index in [0.717, 1.165) is 45.1 Å². The third kappa shape index (κ3) is 2.52. The molecule has 2 saturated heterocycles. The number of fused-ring (bicyclic) bond motifs is 1. The molecule has 2 atom stereocenters. The minimum absolute atomic E-state index is 0.141. The van der Waals surface area contributed by atoms with Crippen molar-refractivity contribution in [2.75, 3.05) is 13.1 Å². The van der Waals surface area contributed by atoms with Crippen LogP contribution in [0.5, 0.6) is 0 Å². The van der Waals surface area contributed by atoms with Gasteiger partial charge in [0.1, 0.15) is 12.6 Å². The number of carbonyl (C=O) groups is 2. The van der Waals surface area contributed by atoms with Gasteiger partial charge >= 0.3 is 0 Å². The molecule has 0 radical (unpaired) electrons. The number of hydrogen-bond donors (Lipinski definition) is 0. The van der Waals surface area contributed by atoms with Gasteiger partial charge in [-0.1, -0.05) is 19.8 Å². The summed E-state index contributed by atoms with van der Waals surface area (Å²) in [5.74, 6) is 0.320. The second-order valence-electron chi connectivity index (χ2n) is 5.56. The van der Waals surface area contributed by atoms with E-state index in [9.17, 15) is 9.59 Å². The second kappa shape index (κ2) is 5.72. The Kier molecular flexibility index (Phi) is 4.25. The predicted octanol–water partition coefficient (Wildman–Crippen LogP) is 1.79. The largest absolute Gasteiger partial charge is 0.329 e. The van der Waals surface area contributed by atoms with Crippen molar-refractivity contribution in [2.45, 2.75) is 64.5 Å². The minimum Gasteiger partial charge on any atom is -0.329 e. The fourth-order valence-corrected chi connectivity index (χ4v) is 3.02. The Morgan fingerprint density at radius 3 is 2.83 bits per heavy atom. The van der Waals surface area contributed by atoms with Crippen LogP contribution in [0.2, 0.25) is 0 Å². The van der Waals surface area contributed by atoms with Gasteiger partial charge in [-0.3, -0.25) is 9.59 Å². The number of amides is 2. The summed E-state index contributed by atoms with van der Waals surface area (Å²) in [6.07, 6.45) is 6.21. The molecule has 4 nitrogen and oxygen atoms in total. The van der Waals surface area contributed by atoms with E-state index in [-0.39, 0.29) is 23.9 Å². The Labute approximate surface area is 109 Å². The van der Waals surface area contributed by atoms with Crippen molar-refractivity contribution < 1.29 is 9.59 Å². The van der Waals surface area contributed by atoms with Gasteiger partial charge in [-0.15, -0.1) is 0 Å². The van der Waals surface area contributed by atoms with Crippen LogP contribution in [0.1, 0.15) is 52.4 Å². The predicted molar refractivity (Wildman–Crippen MR) is 70.1 cm³/mol. The second-order valence-corrected chi connectivity index (χ2v) is 5.56. The van der Waals surface area contributed by atoms with Crippen molar-refractivity contribution in [1.29, 1.82) is 0 Å². The molecule has 2 amide bonds. The summed E-state index contributed by atoms with van der Waals surface area (Å²) in [5.41, 5.74) is 0. The normalized spacial score (nSPS) is 26.2. The van der Waals surface area contributed by atoms with Gasteiger partial charge in [-0.05, 0) is 32.6 Å². The van der Waals surface area contributed by atoms with Crippen LogP contribution in [0.4, 0.5) is 0 Å². The van der Waals surface area contributed by atoms with E-state index in [1.54, 1.807) is 4.90 Å². The zero-order valence-corrected chi connectivity index (χ0v) is 11.5. The molecular weight excluding hydrogens is 228 g/mol. The zero-order valence-electron chi connectivity index (χ0n) is 11.5. The van der Waals surface area contributed by atoms with E-state index in [2.05, 4.69) is 13.8 Å². The first kappa shape index (κ1) is 13.4. The van der Waals surface area contributed by atoms with Crippen LogP contribution in [0.3, 0.4) is 0 Å². The SMILES string of the molecule is CCCCC(C)N1CC(=O)N2CCCCC2C1=O. The third-order valence-corrected chi connectivity index (χ3v) is 4.20. The van der Waals surface area contributed by atoms with E-state index >= 15 is 0 Å². The molecule has 2 rings (SSSR count). The Bertz CT molecular complexity index is 330. The minimum atomic E-state index is -0.163. The van der Waals surface area contributed by atoms with Gasteiger partial charge in [-0.25, -0.2) is 0 Å². The molecule has 2 aliphatic heterocycles. The lowest BCUT2D eigenvalue weighted by molar-refractivity contribution is -0.159. The number of carbonyl (C=O) groups excluding carboxylic acids is 2. The highest BCUT2D eigenvalue weighted by Crippen LogP contribution is 2.25. The van der Waals surface area contributed by atoms with E-state index < -0.39 is 0 Å². The van der Waals surface area contributed by atoms with Crippen molar-refractivity contribution in [3.05, 3.63) is 0 Å². The molecule has 0 N–H and O–H groups in total. The summed E-state index contributed by atoms with van der Waals surface area (Å²) in [6.45, 7) is 5.28. The molecule has 0 bridgehead atoms. The molecule has 2 aliphatic rings. The number of unbranched alkanes of at least 4 members (excludes halogenated alkanes) is 1. The smallest absolute Gasteiger partial charge is 0.246 e.